The van der Waals surface area contributed by atoms with Gasteiger partial charge < -0.3 is 4.42 Å². The number of nitrogens with zero attached hydrogens (tertiary/aromatic N) is 3. The van der Waals surface area contributed by atoms with Crippen LogP contribution in [0.2, 0.25) is 0 Å². The molecule has 0 fully saturated rings. The van der Waals surface area contributed by atoms with Crippen LogP contribution in [0, 0.1) is 0 Å². The molecule has 0 N–H and O–H groups in total. The molecule has 0 saturated heterocycles. The van der Waals surface area contributed by atoms with Gasteiger partial charge in [-0.3, -0.25) is 0 Å². The molecule has 0 unspecified atom stereocenters. The lowest BCUT2D eigenvalue weighted by Crippen LogP contribution is -2.55. The zero-order chi connectivity index (χ0) is 41.3. The largest absolute Gasteiger partial charge is 0.456 e. The monoisotopic (exact) mass is 747 g/mol. The predicted molar refractivity (Wildman–Crippen MR) is 282 cm³/mol. The van der Waals surface area contributed by atoms with Crippen molar-refractivity contribution in [1.82, 2.24) is 15.0 Å². The Morgan fingerprint density at radius 2 is 0.729 bits per heavy atom. The molecule has 4 nitrogen and oxygen atoms in total. The summed E-state index contributed by atoms with van der Waals surface area (Å²) in [5.41, 5.74) is 24.3. The summed E-state index contributed by atoms with van der Waals surface area (Å²) in [5, 5.41) is 2.10. The lowest BCUT2D eigenvalue weighted by molar-refractivity contribution is 0.669. The molecule has 0 amide bonds. The van der Waals surface area contributed by atoms with Gasteiger partial charge in [0.25, 0.3) is 0 Å². The summed E-state index contributed by atoms with van der Waals surface area (Å²) in [6.07, 6.45) is 0. The molecule has 0 saturated carbocycles. The number of furan rings is 1. The van der Waals surface area contributed by atoms with Crippen LogP contribution in [0.1, 0.15) is 0 Å². The van der Waals surface area contributed by atoms with Gasteiger partial charge in [0.05, 0.1) is 0 Å². The Morgan fingerprint density at radius 3 is 1.22 bits per heavy atom. The fraction of sp³-hybridized carbons (Fsp3) is 0. The molecule has 0 radical (unpaired) electrons. The molecule has 2 heterocycles. The van der Waals surface area contributed by atoms with Gasteiger partial charge >= 0.3 is 0 Å². The van der Waals surface area contributed by atoms with Crippen LogP contribution in [-0.2, 0) is 0 Å². The van der Waals surface area contributed by atoms with E-state index in [0.717, 1.165) is 49.8 Å². The summed E-state index contributed by atoms with van der Waals surface area (Å²) < 4.78 is 6.52. The third-order valence-corrected chi connectivity index (χ3v) is 13.4. The maximum Gasteiger partial charge on any atom is 0.164 e. The fourth-order valence-electron chi connectivity index (χ4n) is 8.93. The van der Waals surface area contributed by atoms with Crippen molar-refractivity contribution in [2.45, 2.75) is 0 Å². The first-order valence-corrected chi connectivity index (χ1v) is 20.5. The maximum atomic E-state index is 6.52. The van der Waals surface area contributed by atoms with Crippen LogP contribution < -0.4 is 54.6 Å². The van der Waals surface area contributed by atoms with Gasteiger partial charge in [0.2, 0.25) is 0 Å². The third-order valence-electron chi connectivity index (χ3n) is 13.4. The van der Waals surface area contributed by atoms with E-state index in [0.29, 0.717) is 17.5 Å². The number of benzene rings is 7. The second-order valence-corrected chi connectivity index (χ2v) is 16.3. The highest BCUT2D eigenvalue weighted by Gasteiger charge is 2.22. The maximum absolute atomic E-state index is 6.52. The second-order valence-electron chi connectivity index (χ2n) is 16.3. The van der Waals surface area contributed by atoms with Gasteiger partial charge in [0.1, 0.15) is 89.6 Å². The first-order chi connectivity index (χ1) is 28.4. The molecule has 0 spiro atoms. The molecule has 0 aliphatic carbocycles. The summed E-state index contributed by atoms with van der Waals surface area (Å²) in [7, 11) is 22.0. The van der Waals surface area contributed by atoms with Crippen LogP contribution in [0.4, 0.5) is 0 Å². The summed E-state index contributed by atoms with van der Waals surface area (Å²) in [4.78, 5) is 16.0. The number of aromatic nitrogens is 3. The van der Waals surface area contributed by atoms with E-state index in [1.54, 1.807) is 0 Å². The molecule has 9 rings (SSSR count). The van der Waals surface area contributed by atoms with E-state index in [2.05, 4.69) is 194 Å². The van der Waals surface area contributed by atoms with E-state index < -0.39 is 0 Å². The van der Waals surface area contributed by atoms with Crippen molar-refractivity contribution in [2.24, 2.45) is 0 Å². The third kappa shape index (κ3) is 6.54. The molecular formula is C45H39B10N3O. The van der Waals surface area contributed by atoms with Crippen molar-refractivity contribution < 1.29 is 4.42 Å². The van der Waals surface area contributed by atoms with Gasteiger partial charge in [0.15, 0.2) is 17.5 Å². The highest BCUT2D eigenvalue weighted by atomic mass is 16.3. The highest BCUT2D eigenvalue weighted by molar-refractivity contribution is 6.69. The van der Waals surface area contributed by atoms with Crippen molar-refractivity contribution in [3.63, 3.8) is 0 Å². The summed E-state index contributed by atoms with van der Waals surface area (Å²) >= 11 is 0. The fourth-order valence-corrected chi connectivity index (χ4v) is 8.93. The van der Waals surface area contributed by atoms with Crippen molar-refractivity contribution in [2.75, 3.05) is 0 Å². The first-order valence-electron chi connectivity index (χ1n) is 20.5. The molecular weight excluding hydrogens is 707 g/mol. The minimum absolute atomic E-state index is 0.644. The Bertz CT molecular complexity index is 3010. The normalized spacial score (nSPS) is 11.4. The topological polar surface area (TPSA) is 51.8 Å². The molecule has 0 bridgehead atoms. The number of fused-ring (bicyclic) bond motifs is 3. The Morgan fingerprint density at radius 1 is 0.322 bits per heavy atom. The van der Waals surface area contributed by atoms with Gasteiger partial charge in [-0.1, -0.05) is 113 Å². The first kappa shape index (κ1) is 38.5. The molecule has 0 aliphatic rings. The van der Waals surface area contributed by atoms with E-state index in [1.807, 2.05) is 0 Å². The van der Waals surface area contributed by atoms with Gasteiger partial charge in [0, 0.05) is 27.5 Å². The van der Waals surface area contributed by atoms with E-state index >= 15 is 0 Å². The zero-order valence-electron chi connectivity index (χ0n) is 35.7. The molecule has 2 aromatic heterocycles. The molecule has 0 atom stereocenters. The Balaban J connectivity index is 1.19. The van der Waals surface area contributed by atoms with Crippen molar-refractivity contribution in [3.8, 4) is 67.5 Å². The van der Waals surface area contributed by atoms with Crippen LogP contribution in [0.5, 0.6) is 0 Å². The Hall–Kier alpha value is -6.00. The highest BCUT2D eigenvalue weighted by Crippen LogP contribution is 2.39. The van der Waals surface area contributed by atoms with Gasteiger partial charge in [-0.15, -0.1) is 32.8 Å². The number of hydrogen-bond acceptors (Lipinski definition) is 4. The van der Waals surface area contributed by atoms with Gasteiger partial charge in [-0.25, -0.2) is 15.0 Å². The average Bonchev–Trinajstić information content (AvgIpc) is 3.65. The van der Waals surface area contributed by atoms with Crippen molar-refractivity contribution >= 4 is 155 Å². The standard InChI is InChI=1S/C45H39B10N3O/c46-33-31(34(47)38(51)41(54)37(33)50)44-56-43(57-45(58-44)32-35(48)39(52)42(55)40(53)36(32)49)25-17-18-28-27(19-25)30-26(7-4-8-29(30)59-28)24-15-13-23(14-16-24)22-11-9-21(10-12-22)20-5-2-1-3-6-20/h1-19H,46-55H2. The Labute approximate surface area is 355 Å². The number of hydrogen-bond donors (Lipinski definition) is 0. The molecule has 0 aliphatic heterocycles. The second kappa shape index (κ2) is 15.0. The molecule has 9 aromatic rings. The smallest absolute Gasteiger partial charge is 0.164 e. The van der Waals surface area contributed by atoms with Crippen LogP contribution in [0.15, 0.2) is 120 Å². The van der Waals surface area contributed by atoms with E-state index in [1.165, 1.54) is 76.9 Å². The lowest BCUT2D eigenvalue weighted by Gasteiger charge is -2.22. The summed E-state index contributed by atoms with van der Waals surface area (Å²) in [6, 6.07) is 40.8. The van der Waals surface area contributed by atoms with E-state index in [9.17, 15) is 0 Å². The van der Waals surface area contributed by atoms with E-state index in [-0.39, 0.29) is 0 Å². The molecule has 59 heavy (non-hydrogen) atoms. The Kier molecular flexibility index (Phi) is 9.78. The van der Waals surface area contributed by atoms with Crippen LogP contribution >= 0.6 is 0 Å². The minimum atomic E-state index is 0.644. The minimum Gasteiger partial charge on any atom is -0.456 e. The van der Waals surface area contributed by atoms with Crippen LogP contribution in [0.25, 0.3) is 89.5 Å². The van der Waals surface area contributed by atoms with E-state index in [4.69, 9.17) is 19.4 Å². The van der Waals surface area contributed by atoms with Gasteiger partial charge in [-0.05, 0) is 57.6 Å². The quantitative estimate of drug-likeness (QED) is 0.160. The van der Waals surface area contributed by atoms with Crippen LogP contribution in [-0.4, -0.2) is 93.4 Å². The lowest BCUT2D eigenvalue weighted by atomic mass is 9.60. The molecule has 14 heteroatoms. The molecule has 270 valence electrons. The number of rotatable bonds is 6. The predicted octanol–water partition coefficient (Wildman–Crippen LogP) is -5.64. The summed E-state index contributed by atoms with van der Waals surface area (Å²) in [6.45, 7) is 0. The summed E-state index contributed by atoms with van der Waals surface area (Å²) in [5.74, 6) is 2.05. The van der Waals surface area contributed by atoms with Gasteiger partial charge in [-0.2, -0.15) is 0 Å². The van der Waals surface area contributed by atoms with Crippen molar-refractivity contribution in [1.29, 1.82) is 0 Å². The molecule has 7 aromatic carbocycles. The zero-order valence-corrected chi connectivity index (χ0v) is 35.7. The van der Waals surface area contributed by atoms with Crippen molar-refractivity contribution in [3.05, 3.63) is 115 Å². The average molecular weight is 746 g/mol. The SMILES string of the molecule is Bc1c(B)c(B)c(-c2nc(-c3ccc4oc5cccc(-c6ccc(-c7ccc(-c8ccccc8)cc7)cc6)c5c4c3)nc(-c3c(B)c(B)c(B)c(B)c3B)n2)c(B)c1B. The van der Waals surface area contributed by atoms with Crippen LogP contribution in [0.3, 0.4) is 0 Å².